The fourth-order valence-corrected chi connectivity index (χ4v) is 3.31. The number of imidazole rings is 1. The lowest BCUT2D eigenvalue weighted by atomic mass is 10.2. The summed E-state index contributed by atoms with van der Waals surface area (Å²) in [4.78, 5) is 21.0. The van der Waals surface area contributed by atoms with E-state index in [-0.39, 0.29) is 12.5 Å². The molecule has 2 aromatic carbocycles. The van der Waals surface area contributed by atoms with Crippen LogP contribution in [0.4, 0.5) is 5.69 Å². The summed E-state index contributed by atoms with van der Waals surface area (Å²) < 4.78 is 5.45. The predicted octanol–water partition coefficient (Wildman–Crippen LogP) is 4.18. The molecular formula is C20H14N4O2S. The molecule has 0 unspecified atom stereocenters. The molecule has 7 heteroatoms. The fraction of sp³-hybridized carbons (Fsp3) is 0.0500. The molecule has 0 spiro atoms. The van der Waals surface area contributed by atoms with Crippen LogP contribution in [0.2, 0.25) is 0 Å². The van der Waals surface area contributed by atoms with Gasteiger partial charge in [0, 0.05) is 5.69 Å². The summed E-state index contributed by atoms with van der Waals surface area (Å²) >= 11 is 1.61. The quantitative estimate of drug-likeness (QED) is 0.548. The smallest absolute Gasteiger partial charge is 0.262 e. The molecule has 0 saturated heterocycles. The van der Waals surface area contributed by atoms with Gasteiger partial charge in [0.15, 0.2) is 6.61 Å². The third-order valence-electron chi connectivity index (χ3n) is 3.89. The molecule has 2 aromatic heterocycles. The first-order valence-electron chi connectivity index (χ1n) is 8.18. The van der Waals surface area contributed by atoms with Crippen molar-refractivity contribution >= 4 is 34.0 Å². The highest BCUT2D eigenvalue weighted by molar-refractivity contribution is 7.13. The molecule has 0 aliphatic heterocycles. The van der Waals surface area contributed by atoms with Crippen molar-refractivity contribution in [1.82, 2.24) is 9.97 Å². The number of carbonyl (C=O) groups is 1. The standard InChI is InChI=1S/C20H14N4O2S/c21-11-13-4-1-2-5-17(13)26-12-19(25)22-14-7-8-15-16(10-14)24-20(23-15)18-6-3-9-27-18/h1-10H,12H2,(H,22,25)(H,23,24). The highest BCUT2D eigenvalue weighted by atomic mass is 32.1. The van der Waals surface area contributed by atoms with Gasteiger partial charge >= 0.3 is 0 Å². The second-order valence-electron chi connectivity index (χ2n) is 5.74. The van der Waals surface area contributed by atoms with Crippen molar-refractivity contribution in [3.63, 3.8) is 0 Å². The van der Waals surface area contributed by atoms with Crippen LogP contribution in [0.3, 0.4) is 0 Å². The molecule has 27 heavy (non-hydrogen) atoms. The number of nitrogens with zero attached hydrogens (tertiary/aromatic N) is 2. The van der Waals surface area contributed by atoms with Gasteiger partial charge in [-0.1, -0.05) is 18.2 Å². The molecule has 1 amide bonds. The van der Waals surface area contributed by atoms with Crippen molar-refractivity contribution in [3.05, 3.63) is 65.5 Å². The number of aromatic nitrogens is 2. The Morgan fingerprint density at radius 3 is 2.93 bits per heavy atom. The molecular weight excluding hydrogens is 360 g/mol. The minimum Gasteiger partial charge on any atom is -0.482 e. The van der Waals surface area contributed by atoms with Crippen molar-refractivity contribution in [2.45, 2.75) is 0 Å². The van der Waals surface area contributed by atoms with Crippen LogP contribution in [-0.2, 0) is 4.79 Å². The first-order valence-corrected chi connectivity index (χ1v) is 9.06. The number of H-pyrrole nitrogens is 1. The number of anilines is 1. The molecule has 6 nitrogen and oxygen atoms in total. The van der Waals surface area contributed by atoms with E-state index in [4.69, 9.17) is 10.00 Å². The Hall–Kier alpha value is -3.63. The second kappa shape index (κ2) is 7.32. The van der Waals surface area contributed by atoms with Crippen LogP contribution in [0.15, 0.2) is 60.0 Å². The molecule has 0 aliphatic rings. The Bertz CT molecular complexity index is 1140. The highest BCUT2D eigenvalue weighted by Crippen LogP contribution is 2.26. The molecule has 0 radical (unpaired) electrons. The number of carbonyl (C=O) groups excluding carboxylic acids is 1. The van der Waals surface area contributed by atoms with Gasteiger partial charge in [0.25, 0.3) is 5.91 Å². The first kappa shape index (κ1) is 16.8. The Kier molecular flexibility index (Phi) is 4.56. The number of fused-ring (bicyclic) bond motifs is 1. The molecule has 0 bridgehead atoms. The minimum atomic E-state index is -0.305. The van der Waals surface area contributed by atoms with Gasteiger partial charge in [0.1, 0.15) is 17.6 Å². The highest BCUT2D eigenvalue weighted by Gasteiger charge is 2.10. The number of rotatable bonds is 5. The molecule has 4 rings (SSSR count). The maximum atomic E-state index is 12.2. The van der Waals surface area contributed by atoms with Crippen LogP contribution in [0.5, 0.6) is 5.75 Å². The third-order valence-corrected chi connectivity index (χ3v) is 4.76. The van der Waals surface area contributed by atoms with Gasteiger partial charge in [-0.15, -0.1) is 11.3 Å². The van der Waals surface area contributed by atoms with Gasteiger partial charge in [-0.2, -0.15) is 5.26 Å². The number of hydrogen-bond acceptors (Lipinski definition) is 5. The zero-order valence-electron chi connectivity index (χ0n) is 14.1. The molecule has 132 valence electrons. The molecule has 2 N–H and O–H groups in total. The molecule has 0 fully saturated rings. The molecule has 0 atom stereocenters. The van der Waals surface area contributed by atoms with E-state index in [2.05, 4.69) is 15.3 Å². The Balaban J connectivity index is 1.45. The average molecular weight is 374 g/mol. The van der Waals surface area contributed by atoms with E-state index in [0.29, 0.717) is 17.0 Å². The van der Waals surface area contributed by atoms with Crippen LogP contribution in [0, 0.1) is 11.3 Å². The SMILES string of the molecule is N#Cc1ccccc1OCC(=O)Nc1ccc2nc(-c3cccs3)[nH]c2c1. The summed E-state index contributed by atoms with van der Waals surface area (Å²) in [7, 11) is 0. The van der Waals surface area contributed by atoms with Crippen molar-refractivity contribution in [2.24, 2.45) is 0 Å². The van der Waals surface area contributed by atoms with Crippen LogP contribution < -0.4 is 10.1 Å². The number of para-hydroxylation sites is 1. The van der Waals surface area contributed by atoms with E-state index < -0.39 is 0 Å². The van der Waals surface area contributed by atoms with Gasteiger partial charge in [0.2, 0.25) is 0 Å². The zero-order chi connectivity index (χ0) is 18.6. The number of hydrogen-bond donors (Lipinski definition) is 2. The normalized spacial score (nSPS) is 10.5. The Morgan fingerprint density at radius 1 is 1.22 bits per heavy atom. The Morgan fingerprint density at radius 2 is 2.11 bits per heavy atom. The predicted molar refractivity (Wildman–Crippen MR) is 105 cm³/mol. The number of nitriles is 1. The topological polar surface area (TPSA) is 90.8 Å². The summed E-state index contributed by atoms with van der Waals surface area (Å²) in [6, 6.07) is 18.3. The van der Waals surface area contributed by atoms with E-state index in [0.717, 1.165) is 21.7 Å². The summed E-state index contributed by atoms with van der Waals surface area (Å²) in [6.07, 6.45) is 0. The van der Waals surface area contributed by atoms with E-state index in [1.807, 2.05) is 35.7 Å². The maximum Gasteiger partial charge on any atom is 0.262 e. The minimum absolute atomic E-state index is 0.180. The molecule has 0 saturated carbocycles. The summed E-state index contributed by atoms with van der Waals surface area (Å²) in [6.45, 7) is -0.180. The lowest BCUT2D eigenvalue weighted by Gasteiger charge is -2.08. The number of aromatic amines is 1. The number of benzene rings is 2. The van der Waals surface area contributed by atoms with E-state index >= 15 is 0 Å². The van der Waals surface area contributed by atoms with Crippen LogP contribution in [0.1, 0.15) is 5.56 Å². The largest absolute Gasteiger partial charge is 0.482 e. The van der Waals surface area contributed by atoms with E-state index in [1.165, 1.54) is 0 Å². The number of amides is 1. The lowest BCUT2D eigenvalue weighted by Crippen LogP contribution is -2.20. The molecule has 2 heterocycles. The lowest BCUT2D eigenvalue weighted by molar-refractivity contribution is -0.118. The monoisotopic (exact) mass is 374 g/mol. The van der Waals surface area contributed by atoms with Gasteiger partial charge in [-0.3, -0.25) is 4.79 Å². The van der Waals surface area contributed by atoms with Crippen LogP contribution in [-0.4, -0.2) is 22.5 Å². The third kappa shape index (κ3) is 3.66. The van der Waals surface area contributed by atoms with Crippen LogP contribution in [0.25, 0.3) is 21.7 Å². The van der Waals surface area contributed by atoms with E-state index in [9.17, 15) is 4.79 Å². The molecule has 0 aliphatic carbocycles. The van der Waals surface area contributed by atoms with Gasteiger partial charge in [0.05, 0.1) is 21.5 Å². The van der Waals surface area contributed by atoms with Gasteiger partial charge < -0.3 is 15.0 Å². The zero-order valence-corrected chi connectivity index (χ0v) is 14.9. The van der Waals surface area contributed by atoms with E-state index in [1.54, 1.807) is 41.7 Å². The fourth-order valence-electron chi connectivity index (χ4n) is 2.64. The summed E-state index contributed by atoms with van der Waals surface area (Å²) in [5.74, 6) is 0.889. The average Bonchev–Trinajstić information content (AvgIpc) is 3.35. The Labute approximate surface area is 159 Å². The maximum absolute atomic E-state index is 12.2. The van der Waals surface area contributed by atoms with Crippen molar-refractivity contribution in [1.29, 1.82) is 5.26 Å². The number of thiophene rings is 1. The second-order valence-corrected chi connectivity index (χ2v) is 6.69. The van der Waals surface area contributed by atoms with Crippen molar-refractivity contribution in [3.8, 4) is 22.5 Å². The molecule has 4 aromatic rings. The number of nitrogens with one attached hydrogen (secondary N) is 2. The summed E-state index contributed by atoms with van der Waals surface area (Å²) in [5, 5.41) is 13.8. The van der Waals surface area contributed by atoms with Gasteiger partial charge in [-0.25, -0.2) is 4.98 Å². The van der Waals surface area contributed by atoms with Crippen molar-refractivity contribution in [2.75, 3.05) is 11.9 Å². The van der Waals surface area contributed by atoms with Crippen LogP contribution >= 0.6 is 11.3 Å². The summed E-state index contributed by atoms with van der Waals surface area (Å²) in [5.41, 5.74) is 2.71. The first-order chi connectivity index (χ1) is 13.2. The van der Waals surface area contributed by atoms with Gasteiger partial charge in [-0.05, 0) is 41.8 Å². The van der Waals surface area contributed by atoms with Crippen molar-refractivity contribution < 1.29 is 9.53 Å². The number of ether oxygens (including phenoxy) is 1.